The first-order chi connectivity index (χ1) is 24.7. The number of phosphoric ester groups is 2. The molecule has 0 bridgehead atoms. The van der Waals surface area contributed by atoms with Gasteiger partial charge < -0.3 is 55.7 Å². The fraction of sp³-hybridized carbons (Fsp3) is 0.545. The van der Waals surface area contributed by atoms with Gasteiger partial charge in [-0.25, -0.2) is 18.7 Å². The van der Waals surface area contributed by atoms with Crippen molar-refractivity contribution in [3.63, 3.8) is 0 Å². The van der Waals surface area contributed by atoms with Crippen LogP contribution in [0.5, 0.6) is 0 Å². The van der Waals surface area contributed by atoms with Crippen LogP contribution in [-0.2, 0) is 45.6 Å². The fourth-order valence-electron chi connectivity index (χ4n) is 5.62. The van der Waals surface area contributed by atoms with E-state index < -0.39 is 96.9 Å². The van der Waals surface area contributed by atoms with Crippen molar-refractivity contribution in [2.45, 2.75) is 49.1 Å². The van der Waals surface area contributed by atoms with Gasteiger partial charge in [0.25, 0.3) is 11.8 Å². The Morgan fingerprint density at radius 2 is 1.51 bits per heavy atom. The number of nitrogens with two attached hydrogens (primary N) is 2. The van der Waals surface area contributed by atoms with Gasteiger partial charge in [-0.15, -0.1) is 4.58 Å². The normalized spacial score (nSPS) is 30.4. The van der Waals surface area contributed by atoms with Crippen molar-refractivity contribution in [2.75, 3.05) is 38.8 Å². The second-order valence-corrected chi connectivity index (χ2v) is 16.0. The van der Waals surface area contributed by atoms with E-state index in [-0.39, 0.29) is 34.6 Å². The molecule has 12 N–H and O–H groups in total. The minimum atomic E-state index is -5.98. The lowest BCUT2D eigenvalue weighted by Gasteiger charge is -2.21. The van der Waals surface area contributed by atoms with Crippen molar-refractivity contribution in [3.05, 3.63) is 27.0 Å². The van der Waals surface area contributed by atoms with E-state index in [2.05, 4.69) is 44.1 Å². The fourth-order valence-corrected chi connectivity index (χ4v) is 9.14. The van der Waals surface area contributed by atoms with E-state index in [1.54, 1.807) is 0 Å². The zero-order valence-corrected chi connectivity index (χ0v) is 29.6. The van der Waals surface area contributed by atoms with Gasteiger partial charge in [0.05, 0.1) is 24.5 Å². The van der Waals surface area contributed by atoms with Gasteiger partial charge in [0, 0.05) is 7.11 Å². The molecule has 3 aromatic heterocycles. The smallest absolute Gasteiger partial charge is 0.387 e. The number of nitrogens with zero attached hydrogens (tertiary/aromatic N) is 6. The Labute approximate surface area is 293 Å². The standard InChI is InChI=1S/C22H29N10O18P3/c1-30-6-32(16-10(30)18(37)29-22(24)27-16)20-13(35)14(44-2)8(48-20)4-46-52(40,41)50-53(42,43)49-51(38,39)45-3-7-11(33)12(34)19(47-7)31-5-25-9-15(31)26-21(23)28-17(9)36/h5,7-8,11-14,19-20,33-35H,3-4H2,1-2H3,(H7-2,23,24,26,27,28,29,36,37,38,39,40,41,42,43)/p+2/t7-,8?,11?,12?,13?,14?,19-,20?/m1/s1. The first-order valence-corrected chi connectivity index (χ1v) is 19.2. The van der Waals surface area contributed by atoms with Gasteiger partial charge in [0.15, 0.2) is 23.5 Å². The highest BCUT2D eigenvalue weighted by Crippen LogP contribution is 2.67. The first kappa shape index (κ1) is 39.1. The Hall–Kier alpha value is -3.62. The third-order valence-corrected chi connectivity index (χ3v) is 12.1. The lowest BCUT2D eigenvalue weighted by Crippen LogP contribution is -2.38. The molecule has 0 aliphatic carbocycles. The Kier molecular flexibility index (Phi) is 10.5. The molecule has 2 saturated heterocycles. The molecule has 3 aliphatic heterocycles. The first-order valence-electron chi connectivity index (χ1n) is 14.7. The SMILES string of the molecule is COC1C(COP(=O)(O)OP(=O)(O)OP(=O)(O)OC[C@H]2O[C@@H](n3cnc4c(=O)[nH]c(N)nc43)C(O)C2O)OC([N+]2=C=[N+](C)c3c2nc(N)[nH]c3=O)C1O. The maximum absolute atomic E-state index is 12.6. The van der Waals surface area contributed by atoms with Crippen molar-refractivity contribution < 1.29 is 84.7 Å². The Morgan fingerprint density at radius 3 is 2.15 bits per heavy atom. The quantitative estimate of drug-likeness (QED) is 0.0585. The number of methoxy groups -OCH3 is 1. The maximum atomic E-state index is 12.6. The van der Waals surface area contributed by atoms with Crippen molar-refractivity contribution in [2.24, 2.45) is 0 Å². The zero-order chi connectivity index (χ0) is 38.8. The number of nitrogen functional groups attached to an aromatic ring is 2. The summed E-state index contributed by atoms with van der Waals surface area (Å²) in [7, 11) is -14.7. The number of phosphoric acid groups is 3. The molecule has 290 valence electrons. The van der Waals surface area contributed by atoms with E-state index in [0.717, 1.165) is 22.6 Å². The van der Waals surface area contributed by atoms with Crippen molar-refractivity contribution in [1.82, 2.24) is 29.5 Å². The number of hydrogen-bond donors (Lipinski definition) is 10. The number of fused-ring (bicyclic) bond motifs is 2. The summed E-state index contributed by atoms with van der Waals surface area (Å²) in [5.74, 6) is -0.628. The van der Waals surface area contributed by atoms with Gasteiger partial charge in [-0.1, -0.05) is 4.58 Å². The maximum Gasteiger partial charge on any atom is 0.490 e. The predicted octanol–water partition coefficient (Wildman–Crippen LogP) is -3.74. The number of hydrogen-bond acceptors (Lipinski definition) is 20. The number of H-pyrrole nitrogens is 2. The number of aromatic amines is 2. The van der Waals surface area contributed by atoms with Crippen molar-refractivity contribution >= 4 is 64.0 Å². The van der Waals surface area contributed by atoms with E-state index in [9.17, 15) is 53.3 Å². The lowest BCUT2D eigenvalue weighted by molar-refractivity contribution is -0.552. The number of rotatable bonds is 13. The molecule has 0 saturated carbocycles. The number of anilines is 2. The minimum Gasteiger partial charge on any atom is -0.387 e. The van der Waals surface area contributed by atoms with Crippen LogP contribution >= 0.6 is 23.5 Å². The number of imidazole rings is 1. The molecule has 9 unspecified atom stereocenters. The second-order valence-electron chi connectivity index (χ2n) is 11.4. The molecular weight excluding hydrogens is 785 g/mol. The summed E-state index contributed by atoms with van der Waals surface area (Å²) in [5, 5.41) is 31.9. The Balaban J connectivity index is 1.05. The molecule has 3 aromatic rings. The third-order valence-electron chi connectivity index (χ3n) is 7.83. The van der Waals surface area contributed by atoms with E-state index in [0.29, 0.717) is 0 Å². The summed E-state index contributed by atoms with van der Waals surface area (Å²) < 4.78 is 75.0. The molecule has 0 amide bonds. The Bertz CT molecular complexity index is 2280. The summed E-state index contributed by atoms with van der Waals surface area (Å²) in [6.07, 6.45) is -11.2. The molecule has 0 radical (unpaired) electrons. The Morgan fingerprint density at radius 1 is 0.906 bits per heavy atom. The molecule has 0 spiro atoms. The topological polar surface area (TPSA) is 405 Å². The molecular formula is C22H31N10O18P3+2. The third kappa shape index (κ3) is 7.82. The van der Waals surface area contributed by atoms with Gasteiger partial charge in [-0.05, 0) is 0 Å². The largest absolute Gasteiger partial charge is 0.490 e. The van der Waals surface area contributed by atoms with Gasteiger partial charge in [-0.3, -0.25) is 33.2 Å². The second kappa shape index (κ2) is 14.2. The molecule has 6 heterocycles. The summed E-state index contributed by atoms with van der Waals surface area (Å²) in [4.78, 5) is 71.0. The van der Waals surface area contributed by atoms with Crippen LogP contribution in [-0.4, -0.2) is 145 Å². The monoisotopic (exact) mass is 816 g/mol. The van der Waals surface area contributed by atoms with E-state index in [1.165, 1.54) is 11.6 Å². The van der Waals surface area contributed by atoms with Crippen molar-refractivity contribution in [1.29, 1.82) is 0 Å². The van der Waals surface area contributed by atoms with Crippen LogP contribution in [0.3, 0.4) is 0 Å². The van der Waals surface area contributed by atoms with Gasteiger partial charge in [0.2, 0.25) is 5.95 Å². The van der Waals surface area contributed by atoms with E-state index in [1.807, 2.05) is 0 Å². The van der Waals surface area contributed by atoms with E-state index in [4.69, 9.17) is 30.2 Å². The average molecular weight is 816 g/mol. The summed E-state index contributed by atoms with van der Waals surface area (Å²) in [5.41, 5.74) is 9.50. The van der Waals surface area contributed by atoms with Crippen molar-refractivity contribution in [3.8, 4) is 0 Å². The van der Waals surface area contributed by atoms with Crippen LogP contribution in [0.25, 0.3) is 11.2 Å². The molecule has 11 atom stereocenters. The van der Waals surface area contributed by atoms with Crippen LogP contribution in [0.4, 0.5) is 23.4 Å². The van der Waals surface area contributed by atoms with Crippen LogP contribution in [0, 0.1) is 0 Å². The lowest BCUT2D eigenvalue weighted by atomic mass is 10.1. The van der Waals surface area contributed by atoms with Gasteiger partial charge in [0.1, 0.15) is 37.6 Å². The van der Waals surface area contributed by atoms with Gasteiger partial charge >= 0.3 is 52.5 Å². The molecule has 2 fully saturated rings. The summed E-state index contributed by atoms with van der Waals surface area (Å²) in [6.45, 7) is -2.04. The van der Waals surface area contributed by atoms with Crippen LogP contribution in [0.1, 0.15) is 6.23 Å². The molecule has 3 aliphatic rings. The van der Waals surface area contributed by atoms with Crippen LogP contribution < -0.4 is 22.6 Å². The minimum absolute atomic E-state index is 0.0000824. The van der Waals surface area contributed by atoms with Crippen LogP contribution in [0.2, 0.25) is 0 Å². The van der Waals surface area contributed by atoms with E-state index >= 15 is 0 Å². The van der Waals surface area contributed by atoms with Crippen LogP contribution in [0.15, 0.2) is 15.9 Å². The van der Waals surface area contributed by atoms with Gasteiger partial charge in [-0.2, -0.15) is 13.6 Å². The average Bonchev–Trinajstić information content (AvgIpc) is 3.76. The summed E-state index contributed by atoms with van der Waals surface area (Å²) in [6, 6.07) is 2.72. The predicted molar refractivity (Wildman–Crippen MR) is 168 cm³/mol. The number of nitrogens with one attached hydrogen (secondary N) is 2. The highest BCUT2D eigenvalue weighted by molar-refractivity contribution is 7.66. The number of aromatic nitrogens is 6. The molecule has 6 rings (SSSR count). The highest BCUT2D eigenvalue weighted by Gasteiger charge is 2.55. The zero-order valence-electron chi connectivity index (χ0n) is 26.9. The molecule has 31 heteroatoms. The highest BCUT2D eigenvalue weighted by atomic mass is 31.3. The number of aliphatic hydroxyl groups is 3. The molecule has 53 heavy (non-hydrogen) atoms. The number of ether oxygens (including phenoxy) is 3. The molecule has 0 aromatic carbocycles. The summed E-state index contributed by atoms with van der Waals surface area (Å²) >= 11 is 0. The molecule has 28 nitrogen and oxygen atoms in total. The number of aliphatic hydroxyl groups excluding tert-OH is 3.